The maximum absolute atomic E-state index is 4.35. The first-order valence-electron chi connectivity index (χ1n) is 6.00. The molecule has 0 aliphatic heterocycles. The van der Waals surface area contributed by atoms with Crippen LogP contribution in [0.4, 0.5) is 11.6 Å². The van der Waals surface area contributed by atoms with Gasteiger partial charge in [-0.1, -0.05) is 6.07 Å². The van der Waals surface area contributed by atoms with E-state index >= 15 is 0 Å². The molecule has 94 valence electrons. The predicted molar refractivity (Wildman–Crippen MR) is 72.5 cm³/mol. The first kappa shape index (κ1) is 12.3. The summed E-state index contributed by atoms with van der Waals surface area (Å²) in [5, 5.41) is 6.45. The lowest BCUT2D eigenvalue weighted by atomic mass is 10.3. The van der Waals surface area contributed by atoms with Crippen LogP contribution in [0.3, 0.4) is 0 Å². The lowest BCUT2D eigenvalue weighted by molar-refractivity contribution is 1.01. The molecule has 2 heterocycles. The number of hydrogen-bond acceptors (Lipinski definition) is 5. The monoisotopic (exact) mass is 243 g/mol. The van der Waals surface area contributed by atoms with E-state index in [4.69, 9.17) is 0 Å². The molecule has 0 aliphatic rings. The highest BCUT2D eigenvalue weighted by atomic mass is 15.1. The van der Waals surface area contributed by atoms with Gasteiger partial charge in [0.1, 0.15) is 17.5 Å². The van der Waals surface area contributed by atoms with Crippen LogP contribution in [0.15, 0.2) is 30.6 Å². The molecule has 2 rings (SSSR count). The maximum Gasteiger partial charge on any atom is 0.132 e. The van der Waals surface area contributed by atoms with Gasteiger partial charge in [0.15, 0.2) is 0 Å². The second-order valence-corrected chi connectivity index (χ2v) is 3.93. The number of nitrogens with one attached hydrogen (secondary N) is 2. The zero-order valence-corrected chi connectivity index (χ0v) is 10.6. The Bertz CT molecular complexity index is 498. The Balaban J connectivity index is 2.05. The van der Waals surface area contributed by atoms with Gasteiger partial charge in [-0.25, -0.2) is 9.97 Å². The fourth-order valence-corrected chi connectivity index (χ4v) is 1.63. The molecule has 0 saturated heterocycles. The SMILES string of the molecule is CCNc1cc(NCc2cccnc2)nc(C)n1. The topological polar surface area (TPSA) is 62.7 Å². The molecule has 5 heteroatoms. The van der Waals surface area contributed by atoms with E-state index in [1.807, 2.05) is 38.2 Å². The van der Waals surface area contributed by atoms with E-state index in [0.717, 1.165) is 29.6 Å². The smallest absolute Gasteiger partial charge is 0.132 e. The molecule has 0 unspecified atom stereocenters. The normalized spacial score (nSPS) is 10.1. The molecule has 0 saturated carbocycles. The van der Waals surface area contributed by atoms with Crippen molar-refractivity contribution >= 4 is 11.6 Å². The molecule has 2 aromatic rings. The van der Waals surface area contributed by atoms with E-state index in [-0.39, 0.29) is 0 Å². The number of pyridine rings is 1. The van der Waals surface area contributed by atoms with Gasteiger partial charge in [0, 0.05) is 31.5 Å². The van der Waals surface area contributed by atoms with E-state index in [0.29, 0.717) is 6.54 Å². The molecular formula is C13H17N5. The van der Waals surface area contributed by atoms with Crippen LogP contribution in [-0.4, -0.2) is 21.5 Å². The van der Waals surface area contributed by atoms with E-state index in [1.165, 1.54) is 0 Å². The summed E-state index contributed by atoms with van der Waals surface area (Å²) in [6.07, 6.45) is 3.61. The lowest BCUT2D eigenvalue weighted by Gasteiger charge is -2.09. The van der Waals surface area contributed by atoms with E-state index in [1.54, 1.807) is 6.20 Å². The zero-order chi connectivity index (χ0) is 12.8. The highest BCUT2D eigenvalue weighted by molar-refractivity contribution is 5.47. The number of hydrogen-bond donors (Lipinski definition) is 2. The molecule has 2 aromatic heterocycles. The van der Waals surface area contributed by atoms with Gasteiger partial charge in [-0.15, -0.1) is 0 Å². The summed E-state index contributed by atoms with van der Waals surface area (Å²) in [5.41, 5.74) is 1.12. The van der Waals surface area contributed by atoms with Crippen molar-refractivity contribution in [3.05, 3.63) is 42.0 Å². The minimum Gasteiger partial charge on any atom is -0.370 e. The van der Waals surface area contributed by atoms with Crippen LogP contribution in [0.1, 0.15) is 18.3 Å². The number of anilines is 2. The van der Waals surface area contributed by atoms with Crippen molar-refractivity contribution in [1.29, 1.82) is 0 Å². The largest absolute Gasteiger partial charge is 0.370 e. The Morgan fingerprint density at radius 2 is 1.94 bits per heavy atom. The molecule has 0 aromatic carbocycles. The zero-order valence-electron chi connectivity index (χ0n) is 10.6. The van der Waals surface area contributed by atoms with E-state index < -0.39 is 0 Å². The first-order valence-corrected chi connectivity index (χ1v) is 6.00. The summed E-state index contributed by atoms with van der Waals surface area (Å²) in [4.78, 5) is 12.7. The predicted octanol–water partition coefficient (Wildman–Crippen LogP) is 2.22. The van der Waals surface area contributed by atoms with Gasteiger partial charge in [0.2, 0.25) is 0 Å². The summed E-state index contributed by atoms with van der Waals surface area (Å²) in [7, 11) is 0. The Kier molecular flexibility index (Phi) is 4.06. The molecule has 0 fully saturated rings. The molecule has 0 radical (unpaired) electrons. The third-order valence-corrected chi connectivity index (χ3v) is 2.39. The van der Waals surface area contributed by atoms with Crippen LogP contribution in [0.2, 0.25) is 0 Å². The Labute approximate surface area is 107 Å². The van der Waals surface area contributed by atoms with E-state index in [2.05, 4.69) is 25.6 Å². The summed E-state index contributed by atoms with van der Waals surface area (Å²) >= 11 is 0. The van der Waals surface area contributed by atoms with Crippen molar-refractivity contribution in [1.82, 2.24) is 15.0 Å². The van der Waals surface area contributed by atoms with Crippen molar-refractivity contribution < 1.29 is 0 Å². The third-order valence-electron chi connectivity index (χ3n) is 2.39. The Morgan fingerprint density at radius 1 is 1.17 bits per heavy atom. The van der Waals surface area contributed by atoms with Crippen molar-refractivity contribution in [2.24, 2.45) is 0 Å². The van der Waals surface area contributed by atoms with Gasteiger partial charge in [0.25, 0.3) is 0 Å². The number of rotatable bonds is 5. The average Bonchev–Trinajstić information content (AvgIpc) is 2.37. The molecule has 0 aliphatic carbocycles. The van der Waals surface area contributed by atoms with Crippen LogP contribution in [0.5, 0.6) is 0 Å². The van der Waals surface area contributed by atoms with Crippen LogP contribution < -0.4 is 10.6 Å². The molecule has 5 nitrogen and oxygen atoms in total. The van der Waals surface area contributed by atoms with Gasteiger partial charge in [-0.2, -0.15) is 0 Å². The maximum atomic E-state index is 4.35. The minimum absolute atomic E-state index is 0.704. The van der Waals surface area contributed by atoms with Gasteiger partial charge < -0.3 is 10.6 Å². The molecule has 0 spiro atoms. The summed E-state index contributed by atoms with van der Waals surface area (Å²) < 4.78 is 0. The fraction of sp³-hybridized carbons (Fsp3) is 0.308. The molecule has 18 heavy (non-hydrogen) atoms. The van der Waals surface area contributed by atoms with Gasteiger partial charge in [-0.05, 0) is 25.5 Å². The summed E-state index contributed by atoms with van der Waals surface area (Å²) in [6.45, 7) is 5.48. The van der Waals surface area contributed by atoms with Crippen molar-refractivity contribution in [2.45, 2.75) is 20.4 Å². The van der Waals surface area contributed by atoms with Gasteiger partial charge in [0.05, 0.1) is 0 Å². The second kappa shape index (κ2) is 5.95. The highest BCUT2D eigenvalue weighted by Crippen LogP contribution is 2.11. The summed E-state index contributed by atoms with van der Waals surface area (Å²) in [5.74, 6) is 2.42. The third kappa shape index (κ3) is 3.41. The lowest BCUT2D eigenvalue weighted by Crippen LogP contribution is -2.06. The van der Waals surface area contributed by atoms with Gasteiger partial charge >= 0.3 is 0 Å². The highest BCUT2D eigenvalue weighted by Gasteiger charge is 2.01. The minimum atomic E-state index is 0.704. The fourth-order valence-electron chi connectivity index (χ4n) is 1.63. The van der Waals surface area contributed by atoms with Crippen molar-refractivity contribution in [3.63, 3.8) is 0 Å². The Hall–Kier alpha value is -2.17. The van der Waals surface area contributed by atoms with Crippen LogP contribution >= 0.6 is 0 Å². The van der Waals surface area contributed by atoms with Crippen LogP contribution in [-0.2, 0) is 6.54 Å². The van der Waals surface area contributed by atoms with Crippen molar-refractivity contribution in [2.75, 3.05) is 17.2 Å². The molecule has 0 bridgehead atoms. The standard InChI is InChI=1S/C13H17N5/c1-3-15-12-7-13(18-10(2)17-12)16-9-11-5-4-6-14-8-11/h4-8H,3,9H2,1-2H3,(H2,15,16,17,18). The second-order valence-electron chi connectivity index (χ2n) is 3.93. The molecular weight excluding hydrogens is 226 g/mol. The molecule has 0 atom stereocenters. The average molecular weight is 243 g/mol. The Morgan fingerprint density at radius 3 is 2.61 bits per heavy atom. The van der Waals surface area contributed by atoms with Crippen molar-refractivity contribution in [3.8, 4) is 0 Å². The van der Waals surface area contributed by atoms with Crippen LogP contribution in [0, 0.1) is 6.92 Å². The quantitative estimate of drug-likeness (QED) is 0.843. The van der Waals surface area contributed by atoms with E-state index in [9.17, 15) is 0 Å². The number of aromatic nitrogens is 3. The number of nitrogens with zero attached hydrogens (tertiary/aromatic N) is 3. The first-order chi connectivity index (χ1) is 8.78. The summed E-state index contributed by atoms with van der Waals surface area (Å²) in [6, 6.07) is 5.86. The number of aryl methyl sites for hydroxylation is 1. The molecule has 2 N–H and O–H groups in total. The van der Waals surface area contributed by atoms with Crippen LogP contribution in [0.25, 0.3) is 0 Å². The van der Waals surface area contributed by atoms with Gasteiger partial charge in [-0.3, -0.25) is 4.98 Å². The molecule has 0 amide bonds.